The van der Waals surface area contributed by atoms with E-state index in [4.69, 9.17) is 9.84 Å². The molecule has 0 bridgehead atoms. The summed E-state index contributed by atoms with van der Waals surface area (Å²) in [6.45, 7) is 3.02. The smallest absolute Gasteiger partial charge is 0.303 e. The van der Waals surface area contributed by atoms with E-state index in [1.54, 1.807) is 7.11 Å². The van der Waals surface area contributed by atoms with Gasteiger partial charge in [-0.05, 0) is 25.7 Å². The Labute approximate surface area is 108 Å². The maximum Gasteiger partial charge on any atom is 0.303 e. The molecule has 0 aromatic heterocycles. The van der Waals surface area contributed by atoms with Crippen LogP contribution in [0, 0.1) is 5.92 Å². The van der Waals surface area contributed by atoms with E-state index >= 15 is 0 Å². The Bertz CT molecular complexity index is 293. The van der Waals surface area contributed by atoms with E-state index in [0.717, 1.165) is 25.8 Å². The predicted octanol–water partition coefficient (Wildman–Crippen LogP) is 1.51. The van der Waals surface area contributed by atoms with Crippen LogP contribution >= 0.6 is 0 Å². The number of nitrogens with zero attached hydrogens (tertiary/aromatic N) is 1. The number of piperidine rings is 1. The number of ether oxygens (including phenoxy) is 1. The van der Waals surface area contributed by atoms with Crippen LogP contribution in [0.4, 0.5) is 0 Å². The van der Waals surface area contributed by atoms with Crippen molar-refractivity contribution in [2.45, 2.75) is 45.1 Å². The molecule has 0 spiro atoms. The molecule has 5 nitrogen and oxygen atoms in total. The van der Waals surface area contributed by atoms with Gasteiger partial charge in [-0.3, -0.25) is 9.59 Å². The number of carbonyl (C=O) groups is 2. The van der Waals surface area contributed by atoms with Gasteiger partial charge in [0, 0.05) is 26.1 Å². The van der Waals surface area contributed by atoms with Crippen LogP contribution in [0.2, 0.25) is 0 Å². The lowest BCUT2D eigenvalue weighted by atomic mass is 9.96. The van der Waals surface area contributed by atoms with Crippen molar-refractivity contribution in [3.63, 3.8) is 0 Å². The number of hydrogen-bond donors (Lipinski definition) is 1. The van der Waals surface area contributed by atoms with Crippen LogP contribution in [-0.4, -0.2) is 48.2 Å². The zero-order valence-corrected chi connectivity index (χ0v) is 11.2. The number of aliphatic carboxylic acids is 1. The zero-order chi connectivity index (χ0) is 13.5. The van der Waals surface area contributed by atoms with E-state index in [1.807, 2.05) is 11.8 Å². The molecule has 2 atom stereocenters. The van der Waals surface area contributed by atoms with Crippen molar-refractivity contribution in [3.8, 4) is 0 Å². The summed E-state index contributed by atoms with van der Waals surface area (Å²) in [4.78, 5) is 24.7. The molecule has 0 saturated carbocycles. The third-order valence-electron chi connectivity index (χ3n) is 3.44. The highest BCUT2D eigenvalue weighted by atomic mass is 16.5. The third-order valence-corrected chi connectivity index (χ3v) is 3.44. The number of carbonyl (C=O) groups excluding carboxylic acids is 1. The van der Waals surface area contributed by atoms with Crippen LogP contribution in [0.5, 0.6) is 0 Å². The van der Waals surface area contributed by atoms with Gasteiger partial charge in [-0.2, -0.15) is 0 Å². The fourth-order valence-corrected chi connectivity index (χ4v) is 2.49. The van der Waals surface area contributed by atoms with Gasteiger partial charge in [0.1, 0.15) is 0 Å². The number of carboxylic acid groups (broad SMARTS) is 1. The molecule has 18 heavy (non-hydrogen) atoms. The minimum atomic E-state index is -0.794. The summed E-state index contributed by atoms with van der Waals surface area (Å²) in [6, 6.07) is 0.0849. The Balaban J connectivity index is 2.57. The summed E-state index contributed by atoms with van der Waals surface area (Å²) in [5.41, 5.74) is 0. The molecule has 0 aliphatic carbocycles. The molecule has 1 amide bonds. The molecule has 0 unspecified atom stereocenters. The van der Waals surface area contributed by atoms with Gasteiger partial charge in [0.05, 0.1) is 12.5 Å². The van der Waals surface area contributed by atoms with E-state index in [1.165, 1.54) is 0 Å². The molecule has 1 rings (SSSR count). The second kappa shape index (κ2) is 7.36. The molecule has 0 aromatic rings. The summed E-state index contributed by atoms with van der Waals surface area (Å²) < 4.78 is 5.01. The summed E-state index contributed by atoms with van der Waals surface area (Å²) in [5, 5.41) is 8.74. The highest BCUT2D eigenvalue weighted by molar-refractivity contribution is 5.79. The van der Waals surface area contributed by atoms with Crippen molar-refractivity contribution in [2.75, 3.05) is 20.3 Å². The van der Waals surface area contributed by atoms with Crippen molar-refractivity contribution in [1.82, 2.24) is 4.90 Å². The van der Waals surface area contributed by atoms with Crippen LogP contribution < -0.4 is 0 Å². The maximum atomic E-state index is 12.2. The first-order valence-corrected chi connectivity index (χ1v) is 6.57. The molecule has 1 aliphatic rings. The molecule has 5 heteroatoms. The first-order valence-electron chi connectivity index (χ1n) is 6.57. The van der Waals surface area contributed by atoms with Gasteiger partial charge in [-0.1, -0.05) is 6.92 Å². The van der Waals surface area contributed by atoms with E-state index in [2.05, 4.69) is 0 Å². The number of carboxylic acids is 1. The van der Waals surface area contributed by atoms with Gasteiger partial charge in [-0.25, -0.2) is 0 Å². The number of rotatable bonds is 6. The minimum absolute atomic E-state index is 0.0849. The van der Waals surface area contributed by atoms with Gasteiger partial charge in [0.15, 0.2) is 0 Å². The molecular weight excluding hydrogens is 234 g/mol. The molecule has 0 aromatic carbocycles. The zero-order valence-electron chi connectivity index (χ0n) is 11.2. The van der Waals surface area contributed by atoms with Crippen molar-refractivity contribution < 1.29 is 19.4 Å². The maximum absolute atomic E-state index is 12.2. The number of amides is 1. The lowest BCUT2D eigenvalue weighted by Crippen LogP contribution is -2.46. The van der Waals surface area contributed by atoms with Crippen LogP contribution in [-0.2, 0) is 14.3 Å². The van der Waals surface area contributed by atoms with Crippen LogP contribution in [0.3, 0.4) is 0 Å². The Morgan fingerprint density at radius 3 is 2.78 bits per heavy atom. The fourth-order valence-electron chi connectivity index (χ4n) is 2.49. The molecule has 1 N–H and O–H groups in total. The number of likely N-dealkylation sites (tertiary alicyclic amines) is 1. The quantitative estimate of drug-likeness (QED) is 0.783. The minimum Gasteiger partial charge on any atom is -0.481 e. The van der Waals surface area contributed by atoms with Crippen LogP contribution in [0.15, 0.2) is 0 Å². The summed E-state index contributed by atoms with van der Waals surface area (Å²) >= 11 is 0. The van der Waals surface area contributed by atoms with Gasteiger partial charge >= 0.3 is 5.97 Å². The van der Waals surface area contributed by atoms with Crippen molar-refractivity contribution >= 4 is 11.9 Å². The van der Waals surface area contributed by atoms with Crippen molar-refractivity contribution in [1.29, 1.82) is 0 Å². The predicted molar refractivity (Wildman–Crippen MR) is 67.3 cm³/mol. The Hall–Kier alpha value is -1.10. The highest BCUT2D eigenvalue weighted by Gasteiger charge is 2.29. The monoisotopic (exact) mass is 257 g/mol. The normalized spacial score (nSPS) is 21.7. The summed E-state index contributed by atoms with van der Waals surface area (Å²) in [5.74, 6) is -0.856. The second-order valence-electron chi connectivity index (χ2n) is 4.97. The Morgan fingerprint density at radius 2 is 2.17 bits per heavy atom. The average Bonchev–Trinajstić information content (AvgIpc) is 2.36. The van der Waals surface area contributed by atoms with E-state index < -0.39 is 5.97 Å². The number of methoxy groups -OCH3 is 1. The van der Waals surface area contributed by atoms with Gasteiger partial charge in [-0.15, -0.1) is 0 Å². The van der Waals surface area contributed by atoms with E-state index in [9.17, 15) is 9.59 Å². The van der Waals surface area contributed by atoms with Crippen molar-refractivity contribution in [3.05, 3.63) is 0 Å². The van der Waals surface area contributed by atoms with Gasteiger partial charge in [0.25, 0.3) is 0 Å². The Morgan fingerprint density at radius 1 is 1.44 bits per heavy atom. The number of hydrogen-bond acceptors (Lipinski definition) is 3. The SMILES string of the molecule is COC[C@@H](C)C(=O)N1CCCC[C@@H]1CCC(=O)O. The second-order valence-corrected chi connectivity index (χ2v) is 4.97. The summed E-state index contributed by atoms with van der Waals surface area (Å²) in [7, 11) is 1.59. The van der Waals surface area contributed by atoms with E-state index in [-0.39, 0.29) is 24.3 Å². The molecule has 1 saturated heterocycles. The third kappa shape index (κ3) is 4.29. The van der Waals surface area contributed by atoms with Crippen molar-refractivity contribution in [2.24, 2.45) is 5.92 Å². The van der Waals surface area contributed by atoms with Crippen LogP contribution in [0.1, 0.15) is 39.0 Å². The largest absolute Gasteiger partial charge is 0.481 e. The molecule has 1 aliphatic heterocycles. The standard InChI is InChI=1S/C13H23NO4/c1-10(9-18-2)13(17)14-8-4-3-5-11(14)6-7-12(15)16/h10-11H,3-9H2,1-2H3,(H,15,16)/t10-,11-/m1/s1. The molecular formula is C13H23NO4. The lowest BCUT2D eigenvalue weighted by molar-refractivity contribution is -0.143. The molecule has 1 heterocycles. The highest BCUT2D eigenvalue weighted by Crippen LogP contribution is 2.22. The molecule has 0 radical (unpaired) electrons. The first kappa shape index (κ1) is 15.0. The topological polar surface area (TPSA) is 66.8 Å². The first-order chi connectivity index (χ1) is 8.56. The summed E-state index contributed by atoms with van der Waals surface area (Å²) in [6.07, 6.45) is 3.69. The van der Waals surface area contributed by atoms with Gasteiger partial charge in [0.2, 0.25) is 5.91 Å². The van der Waals surface area contributed by atoms with Gasteiger partial charge < -0.3 is 14.7 Å². The average molecular weight is 257 g/mol. The Kier molecular flexibility index (Phi) is 6.12. The molecule has 104 valence electrons. The fraction of sp³-hybridized carbons (Fsp3) is 0.846. The molecule has 1 fully saturated rings. The van der Waals surface area contributed by atoms with E-state index in [0.29, 0.717) is 13.0 Å². The lowest BCUT2D eigenvalue weighted by Gasteiger charge is -2.37. The van der Waals surface area contributed by atoms with Crippen LogP contribution in [0.25, 0.3) is 0 Å².